The van der Waals surface area contributed by atoms with Crippen molar-refractivity contribution < 1.29 is 22.7 Å². The molecule has 1 saturated carbocycles. The highest BCUT2D eigenvalue weighted by Gasteiger charge is 2.29. The molecule has 26 heavy (non-hydrogen) atoms. The first-order valence-electron chi connectivity index (χ1n) is 8.78. The van der Waals surface area contributed by atoms with Gasteiger partial charge in [-0.1, -0.05) is 0 Å². The zero-order chi connectivity index (χ0) is 18.9. The van der Waals surface area contributed by atoms with Crippen LogP contribution in [-0.2, 0) is 24.2 Å². The summed E-state index contributed by atoms with van der Waals surface area (Å²) in [7, 11) is -3.05. The number of ether oxygens (including phenoxy) is 1. The number of hydrogen-bond acceptors (Lipinski definition) is 5. The lowest BCUT2D eigenvalue weighted by Crippen LogP contribution is -2.38. The van der Waals surface area contributed by atoms with E-state index in [9.17, 15) is 18.0 Å². The third-order valence-electron chi connectivity index (χ3n) is 4.78. The number of amides is 1. The second-order valence-corrected chi connectivity index (χ2v) is 9.26. The minimum atomic E-state index is -3.05. The van der Waals surface area contributed by atoms with Crippen LogP contribution in [0.5, 0.6) is 0 Å². The van der Waals surface area contributed by atoms with Crippen LogP contribution in [0.4, 0.5) is 0 Å². The number of aryl methyl sites for hydroxylation is 1. The van der Waals surface area contributed by atoms with E-state index in [1.54, 1.807) is 6.08 Å². The van der Waals surface area contributed by atoms with Crippen molar-refractivity contribution >= 4 is 27.8 Å². The van der Waals surface area contributed by atoms with E-state index in [0.717, 1.165) is 11.3 Å². The second kappa shape index (κ2) is 7.26. The SMILES string of the molecule is Cc1cc(/C=C/C(=O)OCC(=O)N[C@H]2CCS(=O)(=O)C2)c(C)n1C1CC1. The highest BCUT2D eigenvalue weighted by Crippen LogP contribution is 2.38. The minimum Gasteiger partial charge on any atom is -0.452 e. The van der Waals surface area contributed by atoms with Crippen molar-refractivity contribution in [3.8, 4) is 0 Å². The van der Waals surface area contributed by atoms with Gasteiger partial charge in [-0.05, 0) is 50.8 Å². The van der Waals surface area contributed by atoms with Crippen LogP contribution in [-0.4, -0.2) is 49.0 Å². The number of aromatic nitrogens is 1. The molecular weight excluding hydrogens is 356 g/mol. The van der Waals surface area contributed by atoms with Crippen molar-refractivity contribution in [1.29, 1.82) is 0 Å². The topological polar surface area (TPSA) is 94.5 Å². The lowest BCUT2D eigenvalue weighted by atomic mass is 10.2. The smallest absolute Gasteiger partial charge is 0.331 e. The predicted octanol–water partition coefficient (Wildman–Crippen LogP) is 1.30. The van der Waals surface area contributed by atoms with Crippen molar-refractivity contribution in [2.45, 2.75) is 45.2 Å². The molecule has 1 atom stereocenters. The molecule has 1 aliphatic carbocycles. The standard InChI is InChI=1S/C18H24N2O5S/c1-12-9-14(13(2)20(12)16-4-5-16)3-6-18(22)25-10-17(21)19-15-7-8-26(23,24)11-15/h3,6,9,15-16H,4-5,7-8,10-11H2,1-2H3,(H,19,21)/b6-3+/t15-/m0/s1. The Balaban J connectivity index is 1.47. The normalized spacial score (nSPS) is 21.8. The monoisotopic (exact) mass is 380 g/mol. The van der Waals surface area contributed by atoms with Crippen molar-refractivity contribution in [3.05, 3.63) is 29.1 Å². The fourth-order valence-electron chi connectivity index (χ4n) is 3.39. The Morgan fingerprint density at radius 2 is 2.04 bits per heavy atom. The molecule has 2 heterocycles. The summed E-state index contributed by atoms with van der Waals surface area (Å²) >= 11 is 0. The lowest BCUT2D eigenvalue weighted by molar-refractivity contribution is -0.143. The maximum absolute atomic E-state index is 11.8. The van der Waals surface area contributed by atoms with Gasteiger partial charge in [0.1, 0.15) is 0 Å². The second-order valence-electron chi connectivity index (χ2n) is 7.04. The van der Waals surface area contributed by atoms with Gasteiger partial charge in [-0.2, -0.15) is 0 Å². The first-order chi connectivity index (χ1) is 12.2. The molecule has 2 aliphatic rings. The first-order valence-corrected chi connectivity index (χ1v) is 10.6. The Kier molecular flexibility index (Phi) is 5.22. The van der Waals surface area contributed by atoms with Crippen LogP contribution < -0.4 is 5.32 Å². The molecule has 0 unspecified atom stereocenters. The molecule has 0 spiro atoms. The van der Waals surface area contributed by atoms with Gasteiger partial charge in [0.15, 0.2) is 16.4 Å². The highest BCUT2D eigenvalue weighted by molar-refractivity contribution is 7.91. The Morgan fingerprint density at radius 3 is 2.65 bits per heavy atom. The van der Waals surface area contributed by atoms with Gasteiger partial charge in [-0.3, -0.25) is 4.79 Å². The largest absolute Gasteiger partial charge is 0.452 e. The fourth-order valence-corrected chi connectivity index (χ4v) is 5.06. The van der Waals surface area contributed by atoms with E-state index in [1.165, 1.54) is 24.6 Å². The molecule has 1 N–H and O–H groups in total. The Morgan fingerprint density at radius 1 is 1.31 bits per heavy atom. The number of nitrogens with zero attached hydrogens (tertiary/aromatic N) is 1. The highest BCUT2D eigenvalue weighted by atomic mass is 32.2. The van der Waals surface area contributed by atoms with Gasteiger partial charge in [0.05, 0.1) is 11.5 Å². The lowest BCUT2D eigenvalue weighted by Gasteiger charge is -2.10. The van der Waals surface area contributed by atoms with Gasteiger partial charge in [0.25, 0.3) is 5.91 Å². The molecule has 0 aromatic carbocycles. The number of carbonyl (C=O) groups is 2. The molecule has 7 nitrogen and oxygen atoms in total. The van der Waals surface area contributed by atoms with Crippen molar-refractivity contribution in [3.63, 3.8) is 0 Å². The molecule has 0 radical (unpaired) electrons. The first kappa shape index (κ1) is 18.7. The van der Waals surface area contributed by atoms with E-state index >= 15 is 0 Å². The summed E-state index contributed by atoms with van der Waals surface area (Å²) in [6.45, 7) is 3.66. The number of carbonyl (C=O) groups excluding carboxylic acids is 2. The van der Waals surface area contributed by atoms with Gasteiger partial charge < -0.3 is 14.6 Å². The third kappa shape index (κ3) is 4.55. The van der Waals surface area contributed by atoms with Crippen molar-refractivity contribution in [2.75, 3.05) is 18.1 Å². The molecule has 1 aromatic heterocycles. The van der Waals surface area contributed by atoms with Gasteiger partial charge in [-0.15, -0.1) is 0 Å². The zero-order valence-electron chi connectivity index (χ0n) is 15.0. The van der Waals surface area contributed by atoms with Gasteiger partial charge in [-0.25, -0.2) is 13.2 Å². The maximum Gasteiger partial charge on any atom is 0.331 e. The Hall–Kier alpha value is -2.09. The molecule has 1 saturated heterocycles. The van der Waals surface area contributed by atoms with Crippen LogP contribution in [0.1, 0.15) is 42.3 Å². The van der Waals surface area contributed by atoms with Crippen molar-refractivity contribution in [2.24, 2.45) is 0 Å². The molecule has 2 fully saturated rings. The summed E-state index contributed by atoms with van der Waals surface area (Å²) in [5.74, 6) is -1.06. The van der Waals surface area contributed by atoms with Crippen LogP contribution in [0.3, 0.4) is 0 Å². The van der Waals surface area contributed by atoms with Gasteiger partial charge in [0.2, 0.25) is 0 Å². The quantitative estimate of drug-likeness (QED) is 0.593. The zero-order valence-corrected chi connectivity index (χ0v) is 15.8. The maximum atomic E-state index is 11.8. The Bertz CT molecular complexity index is 849. The number of nitrogens with one attached hydrogen (secondary N) is 1. The van der Waals surface area contributed by atoms with E-state index in [4.69, 9.17) is 4.74 Å². The van der Waals surface area contributed by atoms with Crippen LogP contribution in [0.2, 0.25) is 0 Å². The van der Waals surface area contributed by atoms with E-state index < -0.39 is 34.4 Å². The minimum absolute atomic E-state index is 0.0524. The van der Waals surface area contributed by atoms with Crippen molar-refractivity contribution in [1.82, 2.24) is 9.88 Å². The summed E-state index contributed by atoms with van der Waals surface area (Å²) in [4.78, 5) is 23.6. The average molecular weight is 380 g/mol. The summed E-state index contributed by atoms with van der Waals surface area (Å²) < 4.78 is 29.9. The molecule has 8 heteroatoms. The van der Waals surface area contributed by atoms with E-state index in [-0.39, 0.29) is 11.5 Å². The van der Waals surface area contributed by atoms with Gasteiger partial charge in [0, 0.05) is 29.5 Å². The van der Waals surface area contributed by atoms with E-state index in [1.807, 2.05) is 13.0 Å². The van der Waals surface area contributed by atoms with Crippen LogP contribution in [0.15, 0.2) is 12.1 Å². The molecule has 1 amide bonds. The van der Waals surface area contributed by atoms with E-state index in [0.29, 0.717) is 12.5 Å². The van der Waals surface area contributed by atoms with Crippen LogP contribution in [0, 0.1) is 13.8 Å². The fraction of sp³-hybridized carbons (Fsp3) is 0.556. The number of hydrogen-bond donors (Lipinski definition) is 1. The Labute approximate surface area is 153 Å². The summed E-state index contributed by atoms with van der Waals surface area (Å²) in [6, 6.07) is 2.21. The number of sulfone groups is 1. The van der Waals surface area contributed by atoms with Crippen LogP contribution in [0.25, 0.3) is 6.08 Å². The molecular formula is C18H24N2O5S. The number of rotatable bonds is 6. The summed E-state index contributed by atoms with van der Waals surface area (Å²) in [5, 5.41) is 2.58. The predicted molar refractivity (Wildman–Crippen MR) is 97.4 cm³/mol. The summed E-state index contributed by atoms with van der Waals surface area (Å²) in [5.41, 5.74) is 3.25. The molecule has 0 bridgehead atoms. The molecule has 142 valence electrons. The molecule has 1 aromatic rings. The van der Waals surface area contributed by atoms with E-state index in [2.05, 4.69) is 16.8 Å². The van der Waals surface area contributed by atoms with Gasteiger partial charge >= 0.3 is 5.97 Å². The molecule has 1 aliphatic heterocycles. The third-order valence-corrected chi connectivity index (χ3v) is 6.55. The summed E-state index contributed by atoms with van der Waals surface area (Å²) in [6.07, 6.45) is 5.80. The average Bonchev–Trinajstić information content (AvgIpc) is 3.27. The molecule has 3 rings (SSSR count). The van der Waals surface area contributed by atoms with Crippen LogP contribution >= 0.6 is 0 Å². The number of esters is 1.